The number of hydrogen-bond donors (Lipinski definition) is 2. The molecule has 26 heavy (non-hydrogen) atoms. The van der Waals surface area contributed by atoms with Gasteiger partial charge in [-0.2, -0.15) is 0 Å². The third-order valence-corrected chi connectivity index (χ3v) is 5.08. The maximum atomic E-state index is 4.44. The molecule has 4 rings (SSSR count). The molecule has 0 spiro atoms. The number of fused-ring (bicyclic) bond motifs is 1. The van der Waals surface area contributed by atoms with Gasteiger partial charge in [0.05, 0.1) is 11.4 Å². The SMILES string of the molecule is CN1NCc2ccc(-c3cc(NCCc4ccc(Br)cc4)ncn3)cc21. The number of nitrogens with zero attached hydrogens (tertiary/aromatic N) is 3. The van der Waals surface area contributed by atoms with Crippen LogP contribution in [0, 0.1) is 0 Å². The molecule has 0 amide bonds. The van der Waals surface area contributed by atoms with Crippen LogP contribution in [0.25, 0.3) is 11.3 Å². The number of halogens is 1. The van der Waals surface area contributed by atoms with E-state index in [0.29, 0.717) is 0 Å². The Balaban J connectivity index is 1.45. The molecule has 0 saturated carbocycles. The second-order valence-electron chi connectivity index (χ2n) is 6.33. The van der Waals surface area contributed by atoms with Gasteiger partial charge in [-0.05, 0) is 35.7 Å². The quantitative estimate of drug-likeness (QED) is 0.666. The minimum Gasteiger partial charge on any atom is -0.370 e. The molecule has 5 nitrogen and oxygen atoms in total. The Bertz CT molecular complexity index is 910. The first-order valence-corrected chi connectivity index (χ1v) is 9.39. The molecule has 2 heterocycles. The van der Waals surface area contributed by atoms with Crippen molar-refractivity contribution in [1.29, 1.82) is 0 Å². The van der Waals surface area contributed by atoms with Crippen LogP contribution >= 0.6 is 15.9 Å². The van der Waals surface area contributed by atoms with Gasteiger partial charge in [0.15, 0.2) is 0 Å². The van der Waals surface area contributed by atoms with Crippen molar-refractivity contribution in [3.05, 3.63) is 70.5 Å². The maximum Gasteiger partial charge on any atom is 0.129 e. The summed E-state index contributed by atoms with van der Waals surface area (Å²) < 4.78 is 1.10. The Hall–Kier alpha value is -2.44. The van der Waals surface area contributed by atoms with Crippen molar-refractivity contribution in [3.8, 4) is 11.3 Å². The van der Waals surface area contributed by atoms with Crippen molar-refractivity contribution in [2.45, 2.75) is 13.0 Å². The average Bonchev–Trinajstić information content (AvgIpc) is 3.04. The number of hydrogen-bond acceptors (Lipinski definition) is 5. The summed E-state index contributed by atoms with van der Waals surface area (Å²) in [5, 5.41) is 5.45. The molecule has 1 aliphatic heterocycles. The third-order valence-electron chi connectivity index (χ3n) is 4.55. The molecular weight excluding hydrogens is 390 g/mol. The van der Waals surface area contributed by atoms with Crippen LogP contribution < -0.4 is 15.8 Å². The van der Waals surface area contributed by atoms with E-state index in [2.05, 4.69) is 84.1 Å². The molecule has 0 atom stereocenters. The summed E-state index contributed by atoms with van der Waals surface area (Å²) in [4.78, 5) is 8.79. The normalized spacial score (nSPS) is 12.9. The average molecular weight is 410 g/mol. The predicted molar refractivity (Wildman–Crippen MR) is 109 cm³/mol. The molecule has 1 aliphatic rings. The van der Waals surface area contributed by atoms with Gasteiger partial charge >= 0.3 is 0 Å². The molecule has 0 radical (unpaired) electrons. The third kappa shape index (κ3) is 3.71. The van der Waals surface area contributed by atoms with Crippen molar-refractivity contribution >= 4 is 27.4 Å². The van der Waals surface area contributed by atoms with Crippen molar-refractivity contribution in [2.24, 2.45) is 0 Å². The van der Waals surface area contributed by atoms with E-state index in [9.17, 15) is 0 Å². The lowest BCUT2D eigenvalue weighted by Gasteiger charge is -2.13. The highest BCUT2D eigenvalue weighted by Gasteiger charge is 2.16. The van der Waals surface area contributed by atoms with Crippen LogP contribution in [0.4, 0.5) is 11.5 Å². The van der Waals surface area contributed by atoms with Crippen molar-refractivity contribution in [3.63, 3.8) is 0 Å². The van der Waals surface area contributed by atoms with Gasteiger partial charge in [0.1, 0.15) is 12.1 Å². The van der Waals surface area contributed by atoms with Crippen LogP contribution in [0.2, 0.25) is 0 Å². The fraction of sp³-hybridized carbons (Fsp3) is 0.200. The van der Waals surface area contributed by atoms with Crippen molar-refractivity contribution in [2.75, 3.05) is 23.9 Å². The zero-order valence-electron chi connectivity index (χ0n) is 14.5. The summed E-state index contributed by atoms with van der Waals surface area (Å²) in [7, 11) is 2.03. The number of nitrogens with one attached hydrogen (secondary N) is 2. The van der Waals surface area contributed by atoms with Gasteiger partial charge in [-0.15, -0.1) is 0 Å². The Morgan fingerprint density at radius 2 is 1.96 bits per heavy atom. The summed E-state index contributed by atoms with van der Waals surface area (Å²) in [6.45, 7) is 1.70. The molecule has 6 heteroatoms. The monoisotopic (exact) mass is 409 g/mol. The lowest BCUT2D eigenvalue weighted by atomic mass is 10.1. The van der Waals surface area contributed by atoms with Gasteiger partial charge in [0, 0.05) is 36.2 Å². The Morgan fingerprint density at radius 1 is 1.12 bits per heavy atom. The van der Waals surface area contributed by atoms with Crippen LogP contribution in [0.5, 0.6) is 0 Å². The number of benzene rings is 2. The van der Waals surface area contributed by atoms with Gasteiger partial charge in [0.2, 0.25) is 0 Å². The highest BCUT2D eigenvalue weighted by atomic mass is 79.9. The first-order valence-electron chi connectivity index (χ1n) is 8.60. The number of hydrazine groups is 1. The molecule has 0 bridgehead atoms. The second kappa shape index (κ2) is 7.43. The zero-order chi connectivity index (χ0) is 17.9. The van der Waals surface area contributed by atoms with Gasteiger partial charge in [-0.25, -0.2) is 15.4 Å². The van der Waals surface area contributed by atoms with E-state index in [0.717, 1.165) is 41.1 Å². The molecule has 2 N–H and O–H groups in total. The van der Waals surface area contributed by atoms with Gasteiger partial charge in [-0.3, -0.25) is 0 Å². The van der Waals surface area contributed by atoms with E-state index in [1.807, 2.05) is 13.1 Å². The summed E-state index contributed by atoms with van der Waals surface area (Å²) >= 11 is 3.46. The van der Waals surface area contributed by atoms with Crippen LogP contribution in [0.1, 0.15) is 11.1 Å². The Labute approximate surface area is 161 Å². The molecule has 132 valence electrons. The van der Waals surface area contributed by atoms with E-state index >= 15 is 0 Å². The summed E-state index contributed by atoms with van der Waals surface area (Å²) in [5.41, 5.74) is 9.13. The molecule has 1 aromatic heterocycles. The van der Waals surface area contributed by atoms with E-state index in [1.165, 1.54) is 16.8 Å². The van der Waals surface area contributed by atoms with Gasteiger partial charge in [0.25, 0.3) is 0 Å². The smallest absolute Gasteiger partial charge is 0.129 e. The topological polar surface area (TPSA) is 53.1 Å². The van der Waals surface area contributed by atoms with E-state index in [1.54, 1.807) is 6.33 Å². The maximum absolute atomic E-state index is 4.44. The van der Waals surface area contributed by atoms with Crippen molar-refractivity contribution in [1.82, 2.24) is 15.4 Å². The van der Waals surface area contributed by atoms with E-state index < -0.39 is 0 Å². The minimum atomic E-state index is 0.828. The molecule has 2 aromatic carbocycles. The first kappa shape index (κ1) is 17.0. The molecule has 0 unspecified atom stereocenters. The largest absolute Gasteiger partial charge is 0.370 e. The van der Waals surface area contributed by atoms with E-state index in [4.69, 9.17) is 0 Å². The van der Waals surface area contributed by atoms with Crippen LogP contribution in [-0.2, 0) is 13.0 Å². The van der Waals surface area contributed by atoms with Gasteiger partial charge < -0.3 is 10.3 Å². The minimum absolute atomic E-state index is 0.828. The van der Waals surface area contributed by atoms with Crippen molar-refractivity contribution < 1.29 is 0 Å². The molecule has 0 aliphatic carbocycles. The standard InChI is InChI=1S/C20H20BrN5/c1-26-19-10-15(4-5-16(19)12-25-26)18-11-20(24-13-23-18)22-9-8-14-2-6-17(21)7-3-14/h2-7,10-11,13,25H,8-9,12H2,1H3,(H,22,23,24). The summed E-state index contributed by atoms with van der Waals surface area (Å²) in [6.07, 6.45) is 2.56. The molecule has 3 aromatic rings. The fourth-order valence-electron chi connectivity index (χ4n) is 3.07. The molecule has 0 fully saturated rings. The lowest BCUT2D eigenvalue weighted by molar-refractivity contribution is 0.734. The Morgan fingerprint density at radius 3 is 2.81 bits per heavy atom. The second-order valence-corrected chi connectivity index (χ2v) is 7.24. The summed E-state index contributed by atoms with van der Waals surface area (Å²) in [5.74, 6) is 0.846. The predicted octanol–water partition coefficient (Wildman–Crippen LogP) is 4.02. The number of anilines is 2. The van der Waals surface area contributed by atoms with E-state index in [-0.39, 0.29) is 0 Å². The number of rotatable bonds is 5. The fourth-order valence-corrected chi connectivity index (χ4v) is 3.34. The first-order chi connectivity index (χ1) is 12.7. The molecule has 0 saturated heterocycles. The highest BCUT2D eigenvalue weighted by Crippen LogP contribution is 2.29. The highest BCUT2D eigenvalue weighted by molar-refractivity contribution is 9.10. The van der Waals surface area contributed by atoms with Crippen LogP contribution in [0.15, 0.2) is 59.3 Å². The van der Waals surface area contributed by atoms with Gasteiger partial charge in [-0.1, -0.05) is 40.2 Å². The summed E-state index contributed by atoms with van der Waals surface area (Å²) in [6, 6.07) is 16.8. The number of aromatic nitrogens is 2. The van der Waals surface area contributed by atoms with Crippen LogP contribution in [-0.4, -0.2) is 23.6 Å². The van der Waals surface area contributed by atoms with Crippen LogP contribution in [0.3, 0.4) is 0 Å². The Kier molecular flexibility index (Phi) is 4.86. The molecular formula is C20H20BrN5. The zero-order valence-corrected chi connectivity index (χ0v) is 16.1. The lowest BCUT2D eigenvalue weighted by Crippen LogP contribution is -2.26.